The highest BCUT2D eigenvalue weighted by Crippen LogP contribution is 2.29. The lowest BCUT2D eigenvalue weighted by molar-refractivity contribution is -0.128. The highest BCUT2D eigenvalue weighted by molar-refractivity contribution is 5.79. The summed E-state index contributed by atoms with van der Waals surface area (Å²) in [5.74, 6) is 1.76. The summed E-state index contributed by atoms with van der Waals surface area (Å²) in [5.41, 5.74) is 0. The van der Waals surface area contributed by atoms with Crippen molar-refractivity contribution in [2.24, 2.45) is 11.8 Å². The van der Waals surface area contributed by atoms with Crippen molar-refractivity contribution in [3.05, 3.63) is 24.3 Å². The van der Waals surface area contributed by atoms with Gasteiger partial charge in [0, 0.05) is 5.92 Å². The van der Waals surface area contributed by atoms with Gasteiger partial charge in [-0.3, -0.25) is 4.79 Å². The minimum absolute atomic E-state index is 0.0812. The number of rotatable bonds is 5. The molecule has 1 amide bonds. The largest absolute Gasteiger partial charge is 0.461 e. The summed E-state index contributed by atoms with van der Waals surface area (Å²) in [6.07, 6.45) is 4.63. The van der Waals surface area contributed by atoms with Crippen LogP contribution in [0.1, 0.15) is 45.0 Å². The van der Waals surface area contributed by atoms with Crippen LogP contribution in [-0.2, 0) is 4.79 Å². The molecule has 0 unspecified atom stereocenters. The van der Waals surface area contributed by atoms with E-state index < -0.39 is 0 Å². The second-order valence-corrected chi connectivity index (χ2v) is 5.79. The number of carbonyl (C=O) groups excluding carboxylic acids is 1. The maximum atomic E-state index is 12.1. The predicted molar refractivity (Wildman–Crippen MR) is 75.1 cm³/mol. The molecular weight excluding hydrogens is 270 g/mol. The Balaban J connectivity index is 1.76. The van der Waals surface area contributed by atoms with Crippen molar-refractivity contribution in [2.75, 3.05) is 0 Å². The van der Waals surface area contributed by atoms with Gasteiger partial charge in [0.1, 0.15) is 6.04 Å². The molecular formula is C15H19N3O3. The first-order chi connectivity index (χ1) is 10.1. The molecule has 2 aromatic rings. The van der Waals surface area contributed by atoms with Crippen molar-refractivity contribution in [1.82, 2.24) is 15.5 Å². The van der Waals surface area contributed by atoms with Crippen LogP contribution in [0.5, 0.6) is 0 Å². The smallest absolute Gasteiger partial charge is 0.249 e. The Morgan fingerprint density at radius 3 is 2.81 bits per heavy atom. The Hall–Kier alpha value is -2.11. The van der Waals surface area contributed by atoms with Crippen molar-refractivity contribution >= 4 is 5.91 Å². The Morgan fingerprint density at radius 1 is 1.43 bits per heavy atom. The second-order valence-electron chi connectivity index (χ2n) is 5.79. The number of furan rings is 1. The molecule has 3 rings (SSSR count). The highest BCUT2D eigenvalue weighted by Gasteiger charge is 2.31. The maximum Gasteiger partial charge on any atom is 0.249 e. The predicted octanol–water partition coefficient (Wildman–Crippen LogP) is 2.94. The molecule has 2 heterocycles. The van der Waals surface area contributed by atoms with Crippen LogP contribution in [0.2, 0.25) is 0 Å². The average molecular weight is 289 g/mol. The van der Waals surface area contributed by atoms with Crippen LogP contribution >= 0.6 is 0 Å². The summed E-state index contributed by atoms with van der Waals surface area (Å²) in [6.45, 7) is 4.03. The molecule has 1 atom stereocenters. The van der Waals surface area contributed by atoms with Gasteiger partial charge in [-0.25, -0.2) is 0 Å². The zero-order chi connectivity index (χ0) is 14.8. The number of hydrogen-bond acceptors (Lipinski definition) is 5. The van der Waals surface area contributed by atoms with Crippen molar-refractivity contribution in [3.8, 4) is 11.6 Å². The molecule has 1 aliphatic carbocycles. The monoisotopic (exact) mass is 289 g/mol. The number of aromatic nitrogens is 2. The first-order valence-electron chi connectivity index (χ1n) is 7.33. The molecule has 0 saturated heterocycles. The molecule has 112 valence electrons. The van der Waals surface area contributed by atoms with E-state index in [2.05, 4.69) is 15.5 Å². The lowest BCUT2D eigenvalue weighted by atomic mass is 9.84. The minimum Gasteiger partial charge on any atom is -0.461 e. The van der Waals surface area contributed by atoms with Gasteiger partial charge in [-0.15, -0.1) is 0 Å². The third-order valence-corrected chi connectivity index (χ3v) is 3.89. The Bertz CT molecular complexity index is 599. The zero-order valence-electron chi connectivity index (χ0n) is 12.2. The van der Waals surface area contributed by atoms with Gasteiger partial charge >= 0.3 is 0 Å². The van der Waals surface area contributed by atoms with Gasteiger partial charge in [-0.05, 0) is 30.9 Å². The normalized spacial score (nSPS) is 16.7. The molecule has 1 saturated carbocycles. The lowest BCUT2D eigenvalue weighted by Crippen LogP contribution is -2.38. The molecule has 6 nitrogen and oxygen atoms in total. The van der Waals surface area contributed by atoms with Gasteiger partial charge in [0.05, 0.1) is 6.26 Å². The van der Waals surface area contributed by atoms with Crippen LogP contribution in [0.25, 0.3) is 11.6 Å². The second kappa shape index (κ2) is 5.71. The fourth-order valence-electron chi connectivity index (χ4n) is 2.32. The average Bonchev–Trinajstić information content (AvgIpc) is 3.03. The van der Waals surface area contributed by atoms with Crippen molar-refractivity contribution in [3.63, 3.8) is 0 Å². The fourth-order valence-corrected chi connectivity index (χ4v) is 2.32. The molecule has 0 bridgehead atoms. The first-order valence-corrected chi connectivity index (χ1v) is 7.33. The van der Waals surface area contributed by atoms with Crippen LogP contribution in [-0.4, -0.2) is 16.0 Å². The molecule has 1 fully saturated rings. The van der Waals surface area contributed by atoms with E-state index in [-0.39, 0.29) is 23.8 Å². The zero-order valence-corrected chi connectivity index (χ0v) is 12.2. The van der Waals surface area contributed by atoms with E-state index in [0.717, 1.165) is 19.3 Å². The lowest BCUT2D eigenvalue weighted by Gasteiger charge is -2.27. The minimum atomic E-state index is -0.269. The van der Waals surface area contributed by atoms with E-state index in [9.17, 15) is 4.79 Å². The van der Waals surface area contributed by atoms with Crippen LogP contribution in [0, 0.1) is 11.8 Å². The molecule has 1 aliphatic rings. The van der Waals surface area contributed by atoms with E-state index in [4.69, 9.17) is 8.94 Å². The molecule has 2 aromatic heterocycles. The summed E-state index contributed by atoms with van der Waals surface area (Å²) in [4.78, 5) is 16.5. The summed E-state index contributed by atoms with van der Waals surface area (Å²) < 4.78 is 10.6. The van der Waals surface area contributed by atoms with Gasteiger partial charge in [-0.2, -0.15) is 4.98 Å². The SMILES string of the molecule is CC(C)[C@@H](NC(=O)C1CCC1)c1nc(-c2ccco2)no1. The molecule has 0 aromatic carbocycles. The third-order valence-electron chi connectivity index (χ3n) is 3.89. The summed E-state index contributed by atoms with van der Waals surface area (Å²) in [5, 5.41) is 6.94. The Kier molecular flexibility index (Phi) is 3.77. The third kappa shape index (κ3) is 2.84. The van der Waals surface area contributed by atoms with Gasteiger partial charge in [0.2, 0.25) is 17.6 Å². The summed E-state index contributed by atoms with van der Waals surface area (Å²) in [6, 6.07) is 3.27. The van der Waals surface area contributed by atoms with Gasteiger partial charge < -0.3 is 14.3 Å². The van der Waals surface area contributed by atoms with Gasteiger partial charge in [0.25, 0.3) is 0 Å². The number of amides is 1. The molecule has 21 heavy (non-hydrogen) atoms. The molecule has 0 radical (unpaired) electrons. The molecule has 0 aliphatic heterocycles. The van der Waals surface area contributed by atoms with Crippen LogP contribution in [0.15, 0.2) is 27.3 Å². The van der Waals surface area contributed by atoms with Crippen molar-refractivity contribution < 1.29 is 13.7 Å². The van der Waals surface area contributed by atoms with Crippen LogP contribution < -0.4 is 5.32 Å². The van der Waals surface area contributed by atoms with E-state index in [1.54, 1.807) is 18.4 Å². The Morgan fingerprint density at radius 2 is 2.24 bits per heavy atom. The van der Waals surface area contributed by atoms with Gasteiger partial charge in [0.15, 0.2) is 5.76 Å². The number of carbonyl (C=O) groups is 1. The topological polar surface area (TPSA) is 81.2 Å². The summed E-state index contributed by atoms with van der Waals surface area (Å²) >= 11 is 0. The van der Waals surface area contributed by atoms with E-state index >= 15 is 0 Å². The number of hydrogen-bond donors (Lipinski definition) is 1. The van der Waals surface area contributed by atoms with E-state index in [1.165, 1.54) is 0 Å². The molecule has 0 spiro atoms. The van der Waals surface area contributed by atoms with Crippen LogP contribution in [0.4, 0.5) is 0 Å². The quantitative estimate of drug-likeness (QED) is 0.915. The van der Waals surface area contributed by atoms with E-state index in [1.807, 2.05) is 13.8 Å². The summed E-state index contributed by atoms with van der Waals surface area (Å²) in [7, 11) is 0. The van der Waals surface area contributed by atoms with Gasteiger partial charge in [-0.1, -0.05) is 25.4 Å². The first kappa shape index (κ1) is 13.9. The Labute approximate surface area is 122 Å². The van der Waals surface area contributed by atoms with Crippen LogP contribution in [0.3, 0.4) is 0 Å². The highest BCUT2D eigenvalue weighted by atomic mass is 16.5. The number of nitrogens with zero attached hydrogens (tertiary/aromatic N) is 2. The van der Waals surface area contributed by atoms with Crippen molar-refractivity contribution in [1.29, 1.82) is 0 Å². The fraction of sp³-hybridized carbons (Fsp3) is 0.533. The number of nitrogens with one attached hydrogen (secondary N) is 1. The van der Waals surface area contributed by atoms with E-state index in [0.29, 0.717) is 17.5 Å². The standard InChI is InChI=1S/C15H19N3O3/c1-9(2)12(16-14(19)10-5-3-6-10)15-17-13(18-21-15)11-7-4-8-20-11/h4,7-10,12H,3,5-6H2,1-2H3,(H,16,19)/t12-/m1/s1. The molecule has 1 N–H and O–H groups in total. The molecule has 6 heteroatoms. The van der Waals surface area contributed by atoms with Crippen molar-refractivity contribution in [2.45, 2.75) is 39.2 Å². The maximum absolute atomic E-state index is 12.1.